The number of aryl methyl sites for hydroxylation is 1. The summed E-state index contributed by atoms with van der Waals surface area (Å²) in [7, 11) is 1.98. The fourth-order valence-electron chi connectivity index (χ4n) is 1.30. The SMILES string of the molecule is Cn1ccnc1Sc1ccc(CN)cc1Br. The first-order valence-corrected chi connectivity index (χ1v) is 6.45. The zero-order chi connectivity index (χ0) is 11.5. The minimum absolute atomic E-state index is 0.561. The van der Waals surface area contributed by atoms with Crippen LogP contribution in [0.15, 0.2) is 45.1 Å². The van der Waals surface area contributed by atoms with Gasteiger partial charge in [0.05, 0.1) is 0 Å². The van der Waals surface area contributed by atoms with Crippen molar-refractivity contribution >= 4 is 27.7 Å². The van der Waals surface area contributed by atoms with Gasteiger partial charge in [0.25, 0.3) is 0 Å². The smallest absolute Gasteiger partial charge is 0.172 e. The van der Waals surface area contributed by atoms with Crippen LogP contribution in [0.3, 0.4) is 0 Å². The minimum atomic E-state index is 0.561. The predicted octanol–water partition coefficient (Wildman–Crippen LogP) is 2.79. The molecule has 16 heavy (non-hydrogen) atoms. The molecule has 0 saturated heterocycles. The van der Waals surface area contributed by atoms with Crippen molar-refractivity contribution < 1.29 is 0 Å². The summed E-state index contributed by atoms with van der Waals surface area (Å²) in [4.78, 5) is 5.42. The Morgan fingerprint density at radius 1 is 1.50 bits per heavy atom. The van der Waals surface area contributed by atoms with Crippen molar-refractivity contribution in [3.63, 3.8) is 0 Å². The van der Waals surface area contributed by atoms with Gasteiger partial charge in [0.1, 0.15) is 0 Å². The van der Waals surface area contributed by atoms with Crippen LogP contribution in [0, 0.1) is 0 Å². The lowest BCUT2D eigenvalue weighted by atomic mass is 10.2. The molecule has 0 aliphatic carbocycles. The number of aromatic nitrogens is 2. The molecule has 0 amide bonds. The highest BCUT2D eigenvalue weighted by molar-refractivity contribution is 9.10. The van der Waals surface area contributed by atoms with Crippen LogP contribution in [-0.4, -0.2) is 9.55 Å². The van der Waals surface area contributed by atoms with Gasteiger partial charge in [-0.25, -0.2) is 4.98 Å². The number of hydrogen-bond acceptors (Lipinski definition) is 3. The second kappa shape index (κ2) is 5.03. The van der Waals surface area contributed by atoms with Gasteiger partial charge in [-0.1, -0.05) is 17.8 Å². The Bertz CT molecular complexity index is 496. The average Bonchev–Trinajstić information content (AvgIpc) is 2.67. The van der Waals surface area contributed by atoms with E-state index in [4.69, 9.17) is 5.73 Å². The molecule has 3 nitrogen and oxygen atoms in total. The molecule has 0 fully saturated rings. The molecule has 0 aliphatic rings. The zero-order valence-electron chi connectivity index (χ0n) is 8.85. The van der Waals surface area contributed by atoms with Gasteiger partial charge in [-0.15, -0.1) is 0 Å². The van der Waals surface area contributed by atoms with Crippen LogP contribution in [0.25, 0.3) is 0 Å². The number of imidazole rings is 1. The molecule has 1 aromatic heterocycles. The van der Waals surface area contributed by atoms with Crippen molar-refractivity contribution in [2.45, 2.75) is 16.6 Å². The lowest BCUT2D eigenvalue weighted by molar-refractivity contribution is 0.790. The summed E-state index contributed by atoms with van der Waals surface area (Å²) in [6.45, 7) is 0.561. The lowest BCUT2D eigenvalue weighted by Crippen LogP contribution is -1.96. The van der Waals surface area contributed by atoms with Gasteiger partial charge < -0.3 is 10.3 Å². The molecule has 0 radical (unpaired) electrons. The van der Waals surface area contributed by atoms with Crippen LogP contribution < -0.4 is 5.73 Å². The molecule has 0 unspecified atom stereocenters. The summed E-state index contributed by atoms with van der Waals surface area (Å²) >= 11 is 5.18. The summed E-state index contributed by atoms with van der Waals surface area (Å²) in [6, 6.07) is 6.15. The van der Waals surface area contributed by atoms with Crippen LogP contribution >= 0.6 is 27.7 Å². The summed E-state index contributed by atoms with van der Waals surface area (Å²) in [5.41, 5.74) is 6.71. The Balaban J connectivity index is 2.25. The zero-order valence-corrected chi connectivity index (χ0v) is 11.3. The molecule has 0 bridgehead atoms. The molecule has 1 aromatic carbocycles. The molecule has 2 aromatic rings. The Labute approximate surface area is 107 Å². The summed E-state index contributed by atoms with van der Waals surface area (Å²) in [5.74, 6) is 0. The third kappa shape index (κ3) is 2.48. The fourth-order valence-corrected chi connectivity index (χ4v) is 2.78. The van der Waals surface area contributed by atoms with Crippen molar-refractivity contribution in [2.75, 3.05) is 0 Å². The van der Waals surface area contributed by atoms with Crippen molar-refractivity contribution in [3.05, 3.63) is 40.6 Å². The number of halogens is 1. The van der Waals surface area contributed by atoms with E-state index in [2.05, 4.69) is 27.0 Å². The van der Waals surface area contributed by atoms with Crippen LogP contribution in [0.1, 0.15) is 5.56 Å². The summed E-state index contributed by atoms with van der Waals surface area (Å²) in [6.07, 6.45) is 3.73. The number of benzene rings is 1. The number of nitrogens with zero attached hydrogens (tertiary/aromatic N) is 2. The Morgan fingerprint density at radius 3 is 2.88 bits per heavy atom. The van der Waals surface area contributed by atoms with E-state index in [1.807, 2.05) is 29.9 Å². The van der Waals surface area contributed by atoms with E-state index in [0.29, 0.717) is 6.54 Å². The van der Waals surface area contributed by atoms with Gasteiger partial charge in [0, 0.05) is 35.4 Å². The lowest BCUT2D eigenvalue weighted by Gasteiger charge is -2.05. The van der Waals surface area contributed by atoms with Crippen molar-refractivity contribution in [1.29, 1.82) is 0 Å². The van der Waals surface area contributed by atoms with Crippen molar-refractivity contribution in [1.82, 2.24) is 9.55 Å². The quantitative estimate of drug-likeness (QED) is 0.947. The van der Waals surface area contributed by atoms with E-state index < -0.39 is 0 Å². The summed E-state index contributed by atoms with van der Waals surface area (Å²) < 4.78 is 3.05. The van der Waals surface area contributed by atoms with Crippen LogP contribution in [0.5, 0.6) is 0 Å². The first-order chi connectivity index (χ1) is 7.70. The number of rotatable bonds is 3. The molecule has 2 N–H and O–H groups in total. The normalized spacial score (nSPS) is 10.7. The molecule has 0 atom stereocenters. The standard InChI is InChI=1S/C11H12BrN3S/c1-15-5-4-14-11(15)16-10-3-2-8(7-13)6-9(10)12/h2-6H,7,13H2,1H3. The largest absolute Gasteiger partial charge is 0.329 e. The third-order valence-electron chi connectivity index (χ3n) is 2.21. The number of nitrogens with two attached hydrogens (primary N) is 1. The monoisotopic (exact) mass is 297 g/mol. The second-order valence-corrected chi connectivity index (χ2v) is 5.26. The highest BCUT2D eigenvalue weighted by atomic mass is 79.9. The fraction of sp³-hybridized carbons (Fsp3) is 0.182. The first kappa shape index (κ1) is 11.7. The van der Waals surface area contributed by atoms with Crippen LogP contribution in [0.2, 0.25) is 0 Å². The maximum absolute atomic E-state index is 5.58. The molecule has 1 heterocycles. The first-order valence-electron chi connectivity index (χ1n) is 4.84. The van der Waals surface area contributed by atoms with Gasteiger partial charge in [-0.2, -0.15) is 0 Å². The Kier molecular flexibility index (Phi) is 3.68. The van der Waals surface area contributed by atoms with E-state index in [9.17, 15) is 0 Å². The Morgan fingerprint density at radius 2 is 2.31 bits per heavy atom. The molecule has 2 rings (SSSR count). The molecule has 0 saturated carbocycles. The van der Waals surface area contributed by atoms with E-state index in [0.717, 1.165) is 20.1 Å². The number of hydrogen-bond donors (Lipinski definition) is 1. The van der Waals surface area contributed by atoms with Gasteiger partial charge in [-0.3, -0.25) is 0 Å². The Hall–Kier alpha value is -0.780. The molecule has 5 heteroatoms. The predicted molar refractivity (Wildman–Crippen MR) is 69.4 cm³/mol. The molecule has 0 spiro atoms. The van der Waals surface area contributed by atoms with Gasteiger partial charge >= 0.3 is 0 Å². The van der Waals surface area contributed by atoms with Gasteiger partial charge in [-0.05, 0) is 33.6 Å². The third-order valence-corrected chi connectivity index (χ3v) is 4.28. The van der Waals surface area contributed by atoms with Crippen LogP contribution in [-0.2, 0) is 13.6 Å². The highest BCUT2D eigenvalue weighted by Gasteiger charge is 2.06. The highest BCUT2D eigenvalue weighted by Crippen LogP contribution is 2.32. The summed E-state index contributed by atoms with van der Waals surface area (Å²) in [5, 5.41) is 0.973. The van der Waals surface area contributed by atoms with E-state index in [1.165, 1.54) is 0 Å². The van der Waals surface area contributed by atoms with E-state index in [-0.39, 0.29) is 0 Å². The van der Waals surface area contributed by atoms with E-state index in [1.54, 1.807) is 18.0 Å². The van der Waals surface area contributed by atoms with Crippen molar-refractivity contribution in [2.24, 2.45) is 12.8 Å². The van der Waals surface area contributed by atoms with E-state index >= 15 is 0 Å². The molecular weight excluding hydrogens is 286 g/mol. The van der Waals surface area contributed by atoms with Gasteiger partial charge in [0.2, 0.25) is 0 Å². The molecule has 0 aliphatic heterocycles. The average molecular weight is 298 g/mol. The maximum Gasteiger partial charge on any atom is 0.172 e. The van der Waals surface area contributed by atoms with Crippen molar-refractivity contribution in [3.8, 4) is 0 Å². The molecular formula is C11H12BrN3S. The van der Waals surface area contributed by atoms with Crippen LogP contribution in [0.4, 0.5) is 0 Å². The second-order valence-electron chi connectivity index (χ2n) is 3.39. The van der Waals surface area contributed by atoms with Gasteiger partial charge in [0.15, 0.2) is 5.16 Å². The minimum Gasteiger partial charge on any atom is -0.329 e. The topological polar surface area (TPSA) is 43.8 Å². The molecule has 84 valence electrons. The maximum atomic E-state index is 5.58.